The topological polar surface area (TPSA) is 108 Å². The molecule has 0 heterocycles. The average molecular weight is 1160 g/mol. The van der Waals surface area contributed by atoms with Crippen LogP contribution in [-0.2, 0) is 18.4 Å². The number of amides is 1. The van der Waals surface area contributed by atoms with Gasteiger partial charge in [0, 0.05) is 6.42 Å². The van der Waals surface area contributed by atoms with Crippen LogP contribution in [0, 0.1) is 0 Å². The molecule has 0 aromatic rings. The lowest BCUT2D eigenvalue weighted by atomic mass is 10.0. The van der Waals surface area contributed by atoms with Crippen LogP contribution in [0.2, 0.25) is 0 Å². The zero-order valence-corrected chi connectivity index (χ0v) is 56.2. The Morgan fingerprint density at radius 2 is 0.679 bits per heavy atom. The summed E-state index contributed by atoms with van der Waals surface area (Å²) in [5.74, 6) is -0.188. The van der Waals surface area contributed by atoms with Gasteiger partial charge in [-0.1, -0.05) is 353 Å². The van der Waals surface area contributed by atoms with Gasteiger partial charge in [-0.05, 0) is 44.9 Å². The number of carbonyl (C=O) groups is 1. The van der Waals surface area contributed by atoms with Gasteiger partial charge in [-0.25, -0.2) is 0 Å². The molecule has 8 nitrogen and oxygen atoms in total. The van der Waals surface area contributed by atoms with Gasteiger partial charge in [0.2, 0.25) is 5.91 Å². The van der Waals surface area contributed by atoms with E-state index in [-0.39, 0.29) is 19.1 Å². The van der Waals surface area contributed by atoms with Gasteiger partial charge in [-0.2, -0.15) is 0 Å². The first kappa shape index (κ1) is 80.0. The number of phosphoric acid groups is 1. The van der Waals surface area contributed by atoms with Crippen LogP contribution >= 0.6 is 7.82 Å². The van der Waals surface area contributed by atoms with E-state index in [1.54, 1.807) is 6.08 Å². The highest BCUT2D eigenvalue weighted by molar-refractivity contribution is 7.45. The second-order valence-electron chi connectivity index (χ2n) is 26.3. The fourth-order valence-electron chi connectivity index (χ4n) is 11.3. The SMILES string of the molecule is CCCCCCCCCC/C=C\CCCCCCCCCCCCCCCCCCCCCCCCCCCC(=O)NC(COP(=O)([O-])OCC[N+](C)(C)C)C(O)/C=C/CCCCCCCCCCCCCCCCCCCCCC. The molecule has 0 aromatic heterocycles. The van der Waals surface area contributed by atoms with Gasteiger partial charge in [-0.15, -0.1) is 0 Å². The molecule has 3 unspecified atom stereocenters. The minimum Gasteiger partial charge on any atom is -0.756 e. The molecule has 0 fully saturated rings. The van der Waals surface area contributed by atoms with Crippen molar-refractivity contribution in [3.8, 4) is 0 Å². The number of quaternary nitrogens is 1. The van der Waals surface area contributed by atoms with Gasteiger partial charge < -0.3 is 28.8 Å². The number of aliphatic hydroxyl groups is 1. The highest BCUT2D eigenvalue weighted by Crippen LogP contribution is 2.38. The smallest absolute Gasteiger partial charge is 0.268 e. The van der Waals surface area contributed by atoms with Crippen molar-refractivity contribution in [2.45, 2.75) is 392 Å². The van der Waals surface area contributed by atoms with E-state index in [0.717, 1.165) is 38.5 Å². The molecule has 2 N–H and O–H groups in total. The van der Waals surface area contributed by atoms with E-state index in [0.29, 0.717) is 17.4 Å². The van der Waals surface area contributed by atoms with Crippen LogP contribution in [-0.4, -0.2) is 68.5 Å². The number of nitrogens with zero attached hydrogens (tertiary/aromatic N) is 1. The van der Waals surface area contributed by atoms with Crippen molar-refractivity contribution in [2.24, 2.45) is 0 Å². The highest BCUT2D eigenvalue weighted by atomic mass is 31.2. The third-order valence-electron chi connectivity index (χ3n) is 16.9. The van der Waals surface area contributed by atoms with Crippen molar-refractivity contribution >= 4 is 13.7 Å². The standard InChI is InChI=1S/C72H143N2O6P/c1-6-8-10-12-14-16-18-20-22-24-26-28-30-31-32-33-34-35-36-37-38-39-40-41-42-43-44-46-48-50-52-54-56-58-60-62-64-66-72(76)73-70(69-80-81(77,78)79-68-67-74(3,4)5)71(75)65-63-61-59-57-55-53-51-49-47-45-29-27-25-23-21-19-17-15-13-11-9-7-2/h24,26,63,65,70-71,75H,6-23,25,27-62,64,66-69H2,1-5H3,(H-,73,76,77,78)/b26-24-,65-63+. The molecule has 3 atom stereocenters. The number of aliphatic hydroxyl groups excluding tert-OH is 1. The van der Waals surface area contributed by atoms with Gasteiger partial charge in [0.25, 0.3) is 7.82 Å². The third-order valence-corrected chi connectivity index (χ3v) is 17.9. The number of allylic oxidation sites excluding steroid dienone is 3. The van der Waals surface area contributed by atoms with Crippen LogP contribution in [0.3, 0.4) is 0 Å². The summed E-state index contributed by atoms with van der Waals surface area (Å²) in [6.45, 7) is 4.71. The molecule has 0 bridgehead atoms. The summed E-state index contributed by atoms with van der Waals surface area (Å²) in [4.78, 5) is 25.6. The van der Waals surface area contributed by atoms with Crippen molar-refractivity contribution in [3.63, 3.8) is 0 Å². The minimum absolute atomic E-state index is 0.00223. The largest absolute Gasteiger partial charge is 0.756 e. The van der Waals surface area contributed by atoms with E-state index in [1.807, 2.05) is 27.2 Å². The van der Waals surface area contributed by atoms with E-state index in [2.05, 4.69) is 31.3 Å². The molecule has 0 aromatic carbocycles. The van der Waals surface area contributed by atoms with Crippen LogP contribution in [0.5, 0.6) is 0 Å². The first-order valence-corrected chi connectivity index (χ1v) is 37.7. The normalized spacial score (nSPS) is 13.7. The maximum absolute atomic E-state index is 13.0. The molecule has 0 radical (unpaired) electrons. The number of nitrogens with one attached hydrogen (secondary N) is 1. The molecule has 9 heteroatoms. The summed E-state index contributed by atoms with van der Waals surface area (Å²) in [6.07, 6.45) is 83.2. The van der Waals surface area contributed by atoms with Crippen molar-refractivity contribution in [1.82, 2.24) is 5.32 Å². The highest BCUT2D eigenvalue weighted by Gasteiger charge is 2.23. The Morgan fingerprint density at radius 3 is 0.963 bits per heavy atom. The molecule has 0 saturated carbocycles. The van der Waals surface area contributed by atoms with Crippen molar-refractivity contribution in [3.05, 3.63) is 24.3 Å². The van der Waals surface area contributed by atoms with E-state index in [4.69, 9.17) is 9.05 Å². The zero-order chi connectivity index (χ0) is 59.1. The van der Waals surface area contributed by atoms with Gasteiger partial charge in [0.1, 0.15) is 13.2 Å². The molecule has 482 valence electrons. The molecule has 0 aliphatic rings. The lowest BCUT2D eigenvalue weighted by molar-refractivity contribution is -0.870. The molecule has 0 rings (SSSR count). The molecule has 81 heavy (non-hydrogen) atoms. The lowest BCUT2D eigenvalue weighted by Gasteiger charge is -2.29. The fourth-order valence-corrected chi connectivity index (χ4v) is 12.0. The van der Waals surface area contributed by atoms with Crippen molar-refractivity contribution in [1.29, 1.82) is 0 Å². The van der Waals surface area contributed by atoms with E-state index < -0.39 is 20.0 Å². The number of carbonyl (C=O) groups excluding carboxylic acids is 1. The predicted octanol–water partition coefficient (Wildman–Crippen LogP) is 22.4. The Balaban J connectivity index is 3.94. The van der Waals surface area contributed by atoms with E-state index >= 15 is 0 Å². The monoisotopic (exact) mass is 1160 g/mol. The van der Waals surface area contributed by atoms with Crippen LogP contribution in [0.25, 0.3) is 0 Å². The number of unbranched alkanes of at least 4 members (excludes halogenated alkanes) is 53. The summed E-state index contributed by atoms with van der Waals surface area (Å²) in [7, 11) is 1.28. The van der Waals surface area contributed by atoms with Gasteiger partial charge in [0.05, 0.1) is 39.9 Å². The van der Waals surface area contributed by atoms with Gasteiger partial charge >= 0.3 is 0 Å². The molecule has 0 saturated heterocycles. The van der Waals surface area contributed by atoms with Gasteiger partial charge in [-0.3, -0.25) is 9.36 Å². The number of hydrogen-bond donors (Lipinski definition) is 2. The van der Waals surface area contributed by atoms with Crippen LogP contribution in [0.15, 0.2) is 24.3 Å². The van der Waals surface area contributed by atoms with E-state index in [9.17, 15) is 19.4 Å². The molecular formula is C72H143N2O6P. The summed E-state index contributed by atoms with van der Waals surface area (Å²) in [6, 6.07) is -0.885. The average Bonchev–Trinajstić information content (AvgIpc) is 3.43. The van der Waals surface area contributed by atoms with Crippen LogP contribution < -0.4 is 10.2 Å². The maximum atomic E-state index is 13.0. The first-order valence-electron chi connectivity index (χ1n) is 36.2. The lowest BCUT2D eigenvalue weighted by Crippen LogP contribution is -2.45. The second kappa shape index (κ2) is 63.5. The number of likely N-dealkylation sites (N-methyl/N-ethyl adjacent to an activating group) is 1. The molecule has 0 aliphatic carbocycles. The predicted molar refractivity (Wildman–Crippen MR) is 353 cm³/mol. The molecule has 1 amide bonds. The molecular weight excluding hydrogens is 1020 g/mol. The Labute approximate surface area is 506 Å². The second-order valence-corrected chi connectivity index (χ2v) is 27.7. The fraction of sp³-hybridized carbons (Fsp3) is 0.931. The summed E-state index contributed by atoms with van der Waals surface area (Å²) in [5.41, 5.74) is 0. The maximum Gasteiger partial charge on any atom is 0.268 e. The Kier molecular flexibility index (Phi) is 62.7. The quantitative estimate of drug-likeness (QED) is 0.0272. The minimum atomic E-state index is -4.60. The zero-order valence-electron chi connectivity index (χ0n) is 55.3. The van der Waals surface area contributed by atoms with Gasteiger partial charge in [0.15, 0.2) is 0 Å². The molecule has 0 spiro atoms. The summed E-state index contributed by atoms with van der Waals surface area (Å²) < 4.78 is 23.5. The Bertz CT molecular complexity index is 1370. The number of hydrogen-bond acceptors (Lipinski definition) is 6. The van der Waals surface area contributed by atoms with Crippen molar-refractivity contribution < 1.29 is 32.9 Å². The van der Waals surface area contributed by atoms with Crippen LogP contribution in [0.1, 0.15) is 380 Å². The Hall–Kier alpha value is -1.02. The summed E-state index contributed by atoms with van der Waals surface area (Å²) >= 11 is 0. The number of rotatable bonds is 68. The summed E-state index contributed by atoms with van der Waals surface area (Å²) in [5, 5.41) is 14.0. The first-order chi connectivity index (χ1) is 39.5. The van der Waals surface area contributed by atoms with Crippen molar-refractivity contribution in [2.75, 3.05) is 40.9 Å². The molecule has 0 aliphatic heterocycles. The third kappa shape index (κ3) is 66.4. The number of phosphoric ester groups is 1. The van der Waals surface area contributed by atoms with Crippen LogP contribution in [0.4, 0.5) is 0 Å². The Morgan fingerprint density at radius 1 is 0.420 bits per heavy atom. The van der Waals surface area contributed by atoms with E-state index in [1.165, 1.54) is 321 Å².